The van der Waals surface area contributed by atoms with Gasteiger partial charge in [-0.3, -0.25) is 4.79 Å². The normalized spacial score (nSPS) is 10.2. The molecule has 1 heterocycles. The first-order valence-electron chi connectivity index (χ1n) is 4.71. The standard InChI is InChI=1S/C11H11N3O/c1-9(15)11-8-14(13-12-11)7-10-5-3-2-4-6-10/h2-6,8H,7H2,1H3. The minimum atomic E-state index is -0.0608. The van der Waals surface area contributed by atoms with Crippen molar-refractivity contribution in [2.45, 2.75) is 13.5 Å². The van der Waals surface area contributed by atoms with Gasteiger partial charge in [0.2, 0.25) is 0 Å². The number of hydrogen-bond acceptors (Lipinski definition) is 3. The summed E-state index contributed by atoms with van der Waals surface area (Å²) in [5, 5.41) is 7.65. The second-order valence-electron chi connectivity index (χ2n) is 3.34. The molecule has 0 atom stereocenters. The molecule has 0 spiro atoms. The number of nitrogens with zero attached hydrogens (tertiary/aromatic N) is 3. The number of carbonyl (C=O) groups is 1. The molecule has 0 saturated carbocycles. The smallest absolute Gasteiger partial charge is 0.181 e. The molecular weight excluding hydrogens is 190 g/mol. The molecule has 0 N–H and O–H groups in total. The summed E-state index contributed by atoms with van der Waals surface area (Å²) < 4.78 is 1.66. The summed E-state index contributed by atoms with van der Waals surface area (Å²) in [6.07, 6.45) is 1.66. The van der Waals surface area contributed by atoms with E-state index in [1.54, 1.807) is 10.9 Å². The van der Waals surface area contributed by atoms with Gasteiger partial charge in [-0.15, -0.1) is 5.10 Å². The van der Waals surface area contributed by atoms with E-state index >= 15 is 0 Å². The molecule has 1 aromatic carbocycles. The Morgan fingerprint density at radius 2 is 2.07 bits per heavy atom. The van der Waals surface area contributed by atoms with E-state index in [0.717, 1.165) is 5.56 Å². The van der Waals surface area contributed by atoms with E-state index in [2.05, 4.69) is 10.3 Å². The van der Waals surface area contributed by atoms with Crippen LogP contribution in [0.2, 0.25) is 0 Å². The summed E-state index contributed by atoms with van der Waals surface area (Å²) in [5.74, 6) is -0.0608. The van der Waals surface area contributed by atoms with Gasteiger partial charge in [0.15, 0.2) is 5.78 Å². The van der Waals surface area contributed by atoms with E-state index in [-0.39, 0.29) is 5.78 Å². The predicted molar refractivity (Wildman–Crippen MR) is 55.6 cm³/mol. The van der Waals surface area contributed by atoms with Crippen LogP contribution in [0.3, 0.4) is 0 Å². The fourth-order valence-corrected chi connectivity index (χ4v) is 1.31. The van der Waals surface area contributed by atoms with Gasteiger partial charge in [-0.05, 0) is 5.56 Å². The number of aromatic nitrogens is 3. The summed E-state index contributed by atoms with van der Waals surface area (Å²) in [5.41, 5.74) is 1.54. The Kier molecular flexibility index (Phi) is 2.58. The van der Waals surface area contributed by atoms with E-state index in [9.17, 15) is 4.79 Å². The van der Waals surface area contributed by atoms with Crippen molar-refractivity contribution >= 4 is 5.78 Å². The number of hydrogen-bond donors (Lipinski definition) is 0. The van der Waals surface area contributed by atoms with Crippen molar-refractivity contribution in [2.24, 2.45) is 0 Å². The molecule has 0 unspecified atom stereocenters. The molecule has 2 rings (SSSR count). The van der Waals surface area contributed by atoms with Crippen LogP contribution in [0.1, 0.15) is 23.0 Å². The fourth-order valence-electron chi connectivity index (χ4n) is 1.31. The van der Waals surface area contributed by atoms with Gasteiger partial charge in [-0.1, -0.05) is 35.5 Å². The SMILES string of the molecule is CC(=O)c1cn(Cc2ccccc2)nn1. The molecule has 0 amide bonds. The van der Waals surface area contributed by atoms with Crippen LogP contribution >= 0.6 is 0 Å². The number of carbonyl (C=O) groups excluding carboxylic acids is 1. The number of rotatable bonds is 3. The Hall–Kier alpha value is -1.97. The second-order valence-corrected chi connectivity index (χ2v) is 3.34. The van der Waals surface area contributed by atoms with Gasteiger partial charge >= 0.3 is 0 Å². The van der Waals surface area contributed by atoms with Crippen molar-refractivity contribution in [3.8, 4) is 0 Å². The van der Waals surface area contributed by atoms with Crippen LogP contribution in [0.5, 0.6) is 0 Å². The van der Waals surface area contributed by atoms with Crippen LogP contribution in [0.15, 0.2) is 36.5 Å². The van der Waals surface area contributed by atoms with E-state index in [1.807, 2.05) is 30.3 Å². The first kappa shape index (κ1) is 9.58. The zero-order valence-corrected chi connectivity index (χ0v) is 8.42. The molecule has 76 valence electrons. The lowest BCUT2D eigenvalue weighted by molar-refractivity contribution is 0.101. The third-order valence-electron chi connectivity index (χ3n) is 2.09. The average molecular weight is 201 g/mol. The lowest BCUT2D eigenvalue weighted by Gasteiger charge is -1.98. The highest BCUT2D eigenvalue weighted by Gasteiger charge is 2.04. The maximum absolute atomic E-state index is 11.0. The van der Waals surface area contributed by atoms with Gasteiger partial charge in [0, 0.05) is 6.92 Å². The summed E-state index contributed by atoms with van der Waals surface area (Å²) in [4.78, 5) is 11.0. The molecule has 15 heavy (non-hydrogen) atoms. The molecule has 0 saturated heterocycles. The van der Waals surface area contributed by atoms with Crippen molar-refractivity contribution in [3.05, 3.63) is 47.8 Å². The quantitative estimate of drug-likeness (QED) is 0.707. The molecule has 0 bridgehead atoms. The maximum atomic E-state index is 11.0. The monoisotopic (exact) mass is 201 g/mol. The zero-order chi connectivity index (χ0) is 10.7. The molecule has 1 aromatic heterocycles. The van der Waals surface area contributed by atoms with Crippen LogP contribution in [0, 0.1) is 0 Å². The van der Waals surface area contributed by atoms with Crippen LogP contribution in [-0.4, -0.2) is 20.8 Å². The highest BCUT2D eigenvalue weighted by Crippen LogP contribution is 2.02. The lowest BCUT2D eigenvalue weighted by Crippen LogP contribution is -1.99. The van der Waals surface area contributed by atoms with Gasteiger partial charge < -0.3 is 0 Å². The Balaban J connectivity index is 2.15. The third kappa shape index (κ3) is 2.28. The van der Waals surface area contributed by atoms with Crippen LogP contribution in [0.4, 0.5) is 0 Å². The first-order valence-corrected chi connectivity index (χ1v) is 4.71. The molecule has 4 nitrogen and oxygen atoms in total. The minimum absolute atomic E-state index is 0.0608. The van der Waals surface area contributed by atoms with E-state index in [1.165, 1.54) is 6.92 Å². The van der Waals surface area contributed by atoms with Crippen molar-refractivity contribution in [3.63, 3.8) is 0 Å². The largest absolute Gasteiger partial charge is 0.293 e. The highest BCUT2D eigenvalue weighted by molar-refractivity contribution is 5.91. The summed E-state index contributed by atoms with van der Waals surface area (Å²) in [6, 6.07) is 9.92. The zero-order valence-electron chi connectivity index (χ0n) is 8.42. The van der Waals surface area contributed by atoms with E-state index in [4.69, 9.17) is 0 Å². The van der Waals surface area contributed by atoms with Gasteiger partial charge in [0.25, 0.3) is 0 Å². The topological polar surface area (TPSA) is 47.8 Å². The van der Waals surface area contributed by atoms with Crippen LogP contribution in [0.25, 0.3) is 0 Å². The second kappa shape index (κ2) is 4.04. The summed E-state index contributed by atoms with van der Waals surface area (Å²) in [6.45, 7) is 2.12. The van der Waals surface area contributed by atoms with E-state index in [0.29, 0.717) is 12.2 Å². The summed E-state index contributed by atoms with van der Waals surface area (Å²) in [7, 11) is 0. The van der Waals surface area contributed by atoms with Crippen molar-refractivity contribution in [2.75, 3.05) is 0 Å². The average Bonchev–Trinajstić information content (AvgIpc) is 2.68. The minimum Gasteiger partial charge on any atom is -0.293 e. The Labute approximate surface area is 87.5 Å². The van der Waals surface area contributed by atoms with Crippen molar-refractivity contribution in [1.82, 2.24) is 15.0 Å². The maximum Gasteiger partial charge on any atom is 0.181 e. The molecule has 4 heteroatoms. The van der Waals surface area contributed by atoms with Gasteiger partial charge in [-0.25, -0.2) is 4.68 Å². The Bertz CT molecular complexity index is 462. The molecule has 0 fully saturated rings. The molecule has 2 aromatic rings. The molecule has 0 aliphatic carbocycles. The van der Waals surface area contributed by atoms with Crippen LogP contribution < -0.4 is 0 Å². The number of Topliss-reactive ketones (excluding diaryl/α,β-unsaturated/α-hetero) is 1. The summed E-state index contributed by atoms with van der Waals surface area (Å²) >= 11 is 0. The Morgan fingerprint density at radius 3 is 2.67 bits per heavy atom. The lowest BCUT2D eigenvalue weighted by atomic mass is 10.2. The third-order valence-corrected chi connectivity index (χ3v) is 2.09. The first-order chi connectivity index (χ1) is 7.25. The van der Waals surface area contributed by atoms with Crippen molar-refractivity contribution in [1.29, 1.82) is 0 Å². The molecule has 0 aliphatic rings. The predicted octanol–water partition coefficient (Wildman–Crippen LogP) is 1.53. The van der Waals surface area contributed by atoms with Crippen LogP contribution in [-0.2, 0) is 6.54 Å². The molecular formula is C11H11N3O. The molecule has 0 aliphatic heterocycles. The van der Waals surface area contributed by atoms with Gasteiger partial charge in [-0.2, -0.15) is 0 Å². The fraction of sp³-hybridized carbons (Fsp3) is 0.182. The highest BCUT2D eigenvalue weighted by atomic mass is 16.1. The van der Waals surface area contributed by atoms with Gasteiger partial charge in [0.05, 0.1) is 12.7 Å². The number of benzene rings is 1. The Morgan fingerprint density at radius 1 is 1.33 bits per heavy atom. The molecule has 0 radical (unpaired) electrons. The van der Waals surface area contributed by atoms with Crippen molar-refractivity contribution < 1.29 is 4.79 Å². The number of ketones is 1. The van der Waals surface area contributed by atoms with E-state index < -0.39 is 0 Å². The van der Waals surface area contributed by atoms with Gasteiger partial charge in [0.1, 0.15) is 5.69 Å².